The van der Waals surface area contributed by atoms with E-state index in [9.17, 15) is 9.59 Å². The fraction of sp³-hybridized carbons (Fsp3) is 0.263. The first-order valence-corrected chi connectivity index (χ1v) is 8.22. The molecule has 2 rings (SSSR count). The monoisotopic (exact) mass is 361 g/mol. The summed E-state index contributed by atoms with van der Waals surface area (Å²) in [4.78, 5) is 23.7. The van der Waals surface area contributed by atoms with Crippen molar-refractivity contribution in [3.63, 3.8) is 0 Å². The number of esters is 1. The zero-order valence-corrected chi connectivity index (χ0v) is 14.9. The fourth-order valence-electron chi connectivity index (χ4n) is 2.24. The van der Waals surface area contributed by atoms with Crippen LogP contribution in [0.3, 0.4) is 0 Å². The van der Waals surface area contributed by atoms with Crippen LogP contribution < -0.4 is 10.1 Å². The van der Waals surface area contributed by atoms with Gasteiger partial charge in [0.15, 0.2) is 0 Å². The van der Waals surface area contributed by atoms with Crippen molar-refractivity contribution in [2.24, 2.45) is 0 Å². The van der Waals surface area contributed by atoms with E-state index in [1.165, 1.54) is 7.11 Å². The molecule has 0 radical (unpaired) electrons. The van der Waals surface area contributed by atoms with Gasteiger partial charge in [0.25, 0.3) is 5.91 Å². The van der Waals surface area contributed by atoms with Crippen molar-refractivity contribution in [3.8, 4) is 5.75 Å². The SMILES string of the molecule is COC(=O)CC(C)NC(=O)c1ccccc1OCc1ccccc1Cl. The predicted molar refractivity (Wildman–Crippen MR) is 95.8 cm³/mol. The Balaban J connectivity index is 2.05. The van der Waals surface area contributed by atoms with Crippen LogP contribution in [0, 0.1) is 0 Å². The highest BCUT2D eigenvalue weighted by Crippen LogP contribution is 2.22. The molecule has 0 bridgehead atoms. The lowest BCUT2D eigenvalue weighted by atomic mass is 10.1. The maximum absolute atomic E-state index is 12.5. The standard InChI is InChI=1S/C19H20ClNO4/c1-13(11-18(22)24-2)21-19(23)15-8-4-6-10-17(15)25-12-14-7-3-5-9-16(14)20/h3-10,13H,11-12H2,1-2H3,(H,21,23). The minimum atomic E-state index is -0.379. The van der Waals surface area contributed by atoms with Gasteiger partial charge in [0.1, 0.15) is 12.4 Å². The van der Waals surface area contributed by atoms with Gasteiger partial charge in [-0.3, -0.25) is 9.59 Å². The maximum Gasteiger partial charge on any atom is 0.307 e. The third kappa shape index (κ3) is 5.50. The van der Waals surface area contributed by atoms with Crippen molar-refractivity contribution in [2.45, 2.75) is 26.0 Å². The molecule has 5 nitrogen and oxygen atoms in total. The van der Waals surface area contributed by atoms with Crippen molar-refractivity contribution in [2.75, 3.05) is 7.11 Å². The lowest BCUT2D eigenvalue weighted by molar-refractivity contribution is -0.141. The van der Waals surface area contributed by atoms with E-state index in [0.29, 0.717) is 16.3 Å². The summed E-state index contributed by atoms with van der Waals surface area (Å²) in [6.07, 6.45) is 0.102. The molecule has 1 atom stereocenters. The van der Waals surface area contributed by atoms with Gasteiger partial charge < -0.3 is 14.8 Å². The second-order valence-corrected chi connectivity index (χ2v) is 5.94. The van der Waals surface area contributed by atoms with Gasteiger partial charge in [-0.1, -0.05) is 41.9 Å². The molecular formula is C19H20ClNO4. The van der Waals surface area contributed by atoms with Crippen molar-refractivity contribution < 1.29 is 19.1 Å². The van der Waals surface area contributed by atoms with Gasteiger partial charge in [0.05, 0.1) is 19.1 Å². The number of ether oxygens (including phenoxy) is 2. The normalized spacial score (nSPS) is 11.5. The van der Waals surface area contributed by atoms with Crippen LogP contribution in [-0.4, -0.2) is 25.0 Å². The number of halogens is 1. The Hall–Kier alpha value is -2.53. The lowest BCUT2D eigenvalue weighted by Crippen LogP contribution is -2.34. The molecule has 0 aliphatic carbocycles. The van der Waals surface area contributed by atoms with E-state index >= 15 is 0 Å². The number of hydrogen-bond acceptors (Lipinski definition) is 4. The van der Waals surface area contributed by atoms with Crippen molar-refractivity contribution in [3.05, 3.63) is 64.7 Å². The highest BCUT2D eigenvalue weighted by atomic mass is 35.5. The Kier molecular flexibility index (Phi) is 6.83. The topological polar surface area (TPSA) is 64.6 Å². The number of benzene rings is 2. The van der Waals surface area contributed by atoms with Crippen LogP contribution in [0.2, 0.25) is 5.02 Å². The van der Waals surface area contributed by atoms with E-state index in [4.69, 9.17) is 16.3 Å². The summed E-state index contributed by atoms with van der Waals surface area (Å²) in [5.41, 5.74) is 1.23. The zero-order chi connectivity index (χ0) is 18.2. The summed E-state index contributed by atoms with van der Waals surface area (Å²) in [6.45, 7) is 1.99. The van der Waals surface area contributed by atoms with Gasteiger partial charge in [-0.15, -0.1) is 0 Å². The minimum Gasteiger partial charge on any atom is -0.488 e. The van der Waals surface area contributed by atoms with Gasteiger partial charge in [-0.25, -0.2) is 0 Å². The molecule has 6 heteroatoms. The first-order valence-electron chi connectivity index (χ1n) is 7.84. The Morgan fingerprint density at radius 1 is 1.12 bits per heavy atom. The van der Waals surface area contributed by atoms with E-state index in [-0.39, 0.29) is 30.9 Å². The smallest absolute Gasteiger partial charge is 0.307 e. The molecule has 2 aromatic carbocycles. The van der Waals surface area contributed by atoms with E-state index in [1.54, 1.807) is 37.3 Å². The second-order valence-electron chi connectivity index (χ2n) is 5.53. The molecule has 0 aliphatic rings. The van der Waals surface area contributed by atoms with Crippen molar-refractivity contribution in [1.29, 1.82) is 0 Å². The predicted octanol–water partition coefficient (Wildman–Crippen LogP) is 3.60. The molecule has 2 aromatic rings. The molecule has 0 aromatic heterocycles. The van der Waals surface area contributed by atoms with Crippen LogP contribution in [0.15, 0.2) is 48.5 Å². The summed E-state index contributed by atoms with van der Waals surface area (Å²) in [5, 5.41) is 3.37. The Morgan fingerprint density at radius 3 is 2.52 bits per heavy atom. The average molecular weight is 362 g/mol. The number of rotatable bonds is 7. The number of nitrogens with one attached hydrogen (secondary N) is 1. The minimum absolute atomic E-state index is 0.102. The highest BCUT2D eigenvalue weighted by molar-refractivity contribution is 6.31. The summed E-state index contributed by atoms with van der Waals surface area (Å²) < 4.78 is 10.4. The Morgan fingerprint density at radius 2 is 1.80 bits per heavy atom. The summed E-state index contributed by atoms with van der Waals surface area (Å²) in [5.74, 6) is -0.243. The second kappa shape index (κ2) is 9.08. The third-order valence-electron chi connectivity index (χ3n) is 3.55. The Labute approximate surface area is 151 Å². The van der Waals surface area contributed by atoms with Crippen molar-refractivity contribution >= 4 is 23.5 Å². The van der Waals surface area contributed by atoms with Crippen LogP contribution in [0.4, 0.5) is 0 Å². The average Bonchev–Trinajstić information content (AvgIpc) is 2.61. The molecule has 0 heterocycles. The molecule has 0 saturated carbocycles. The van der Waals surface area contributed by atoms with Gasteiger partial charge in [-0.2, -0.15) is 0 Å². The number of methoxy groups -OCH3 is 1. The van der Waals surface area contributed by atoms with Gasteiger partial charge in [0.2, 0.25) is 0 Å². The largest absolute Gasteiger partial charge is 0.488 e. The zero-order valence-electron chi connectivity index (χ0n) is 14.1. The number of amides is 1. The van der Waals surface area contributed by atoms with E-state index in [0.717, 1.165) is 5.56 Å². The van der Waals surface area contributed by atoms with E-state index < -0.39 is 0 Å². The molecule has 25 heavy (non-hydrogen) atoms. The summed E-state index contributed by atoms with van der Waals surface area (Å²) in [7, 11) is 1.31. The molecule has 1 N–H and O–H groups in total. The number of hydrogen-bond donors (Lipinski definition) is 1. The summed E-state index contributed by atoms with van der Waals surface area (Å²) >= 11 is 6.12. The van der Waals surface area contributed by atoms with Crippen LogP contribution in [0.25, 0.3) is 0 Å². The van der Waals surface area contributed by atoms with Crippen LogP contribution in [-0.2, 0) is 16.1 Å². The first kappa shape index (κ1) is 18.8. The molecule has 1 amide bonds. The van der Waals surface area contributed by atoms with Gasteiger partial charge in [0, 0.05) is 16.6 Å². The third-order valence-corrected chi connectivity index (χ3v) is 3.92. The highest BCUT2D eigenvalue weighted by Gasteiger charge is 2.17. The summed E-state index contributed by atoms with van der Waals surface area (Å²) in [6, 6.07) is 13.9. The van der Waals surface area contributed by atoms with Gasteiger partial charge in [-0.05, 0) is 25.1 Å². The molecule has 0 spiro atoms. The molecule has 1 unspecified atom stereocenters. The molecule has 0 aliphatic heterocycles. The molecule has 0 saturated heterocycles. The number of carbonyl (C=O) groups excluding carboxylic acids is 2. The molecule has 132 valence electrons. The lowest BCUT2D eigenvalue weighted by Gasteiger charge is -2.15. The van der Waals surface area contributed by atoms with Crippen LogP contribution >= 0.6 is 11.6 Å². The van der Waals surface area contributed by atoms with Crippen molar-refractivity contribution in [1.82, 2.24) is 5.32 Å². The van der Waals surface area contributed by atoms with Crippen LogP contribution in [0.1, 0.15) is 29.3 Å². The van der Waals surface area contributed by atoms with E-state index in [2.05, 4.69) is 10.1 Å². The first-order chi connectivity index (χ1) is 12.0. The van der Waals surface area contributed by atoms with E-state index in [1.807, 2.05) is 18.2 Å². The van der Waals surface area contributed by atoms with Gasteiger partial charge >= 0.3 is 5.97 Å². The van der Waals surface area contributed by atoms with Crippen LogP contribution in [0.5, 0.6) is 5.75 Å². The Bertz CT molecular complexity index is 748. The maximum atomic E-state index is 12.5. The molecule has 0 fully saturated rings. The molecular weight excluding hydrogens is 342 g/mol. The number of carbonyl (C=O) groups is 2. The number of para-hydroxylation sites is 1. The quantitative estimate of drug-likeness (QED) is 0.765. The fourth-order valence-corrected chi connectivity index (χ4v) is 2.43.